The summed E-state index contributed by atoms with van der Waals surface area (Å²) in [6.45, 7) is 8.19. The summed E-state index contributed by atoms with van der Waals surface area (Å²) in [6, 6.07) is 8.03. The zero-order valence-corrected chi connectivity index (χ0v) is 24.6. The number of likely N-dealkylation sites (tertiary alicyclic amines) is 1. The number of amides is 3. The number of rotatable bonds is 8. The number of anilines is 1. The molecule has 1 aliphatic carbocycles. The molecule has 10 heteroatoms. The lowest BCUT2D eigenvalue weighted by atomic mass is 9.82. The van der Waals surface area contributed by atoms with Crippen molar-refractivity contribution in [1.82, 2.24) is 20.4 Å². The van der Waals surface area contributed by atoms with E-state index in [4.69, 9.17) is 4.74 Å². The van der Waals surface area contributed by atoms with Gasteiger partial charge in [-0.15, -0.1) is 0 Å². The fourth-order valence-electron chi connectivity index (χ4n) is 6.37. The molecule has 2 aliphatic heterocycles. The monoisotopic (exact) mass is 557 g/mol. The summed E-state index contributed by atoms with van der Waals surface area (Å²) >= 11 is 0. The molecule has 2 saturated heterocycles. The molecular formula is C30H47N5O5. The first-order valence-corrected chi connectivity index (χ1v) is 14.8. The summed E-state index contributed by atoms with van der Waals surface area (Å²) in [7, 11) is 1.55. The van der Waals surface area contributed by atoms with Gasteiger partial charge in [0.25, 0.3) is 0 Å². The summed E-state index contributed by atoms with van der Waals surface area (Å²) < 4.78 is 5.45. The van der Waals surface area contributed by atoms with E-state index in [1.165, 1.54) is 4.90 Å². The SMILES string of the molecule is CC(C(=O)NC(C1CCCCC1)C(O)N1CCC2NCC(C(=O)Nc3ccccc3)C21)N(C)C(=O)OC(C)(C)C. The maximum Gasteiger partial charge on any atom is 0.410 e. The molecular weight excluding hydrogens is 510 g/mol. The molecule has 6 unspecified atom stereocenters. The number of nitrogens with one attached hydrogen (secondary N) is 3. The highest BCUT2D eigenvalue weighted by molar-refractivity contribution is 5.93. The Morgan fingerprint density at radius 3 is 2.42 bits per heavy atom. The van der Waals surface area contributed by atoms with Crippen molar-refractivity contribution >= 4 is 23.6 Å². The number of hydrogen-bond donors (Lipinski definition) is 4. The van der Waals surface area contributed by atoms with Gasteiger partial charge in [-0.1, -0.05) is 37.5 Å². The first kappa shape index (κ1) is 30.3. The third kappa shape index (κ3) is 7.14. The largest absolute Gasteiger partial charge is 0.444 e. The van der Waals surface area contributed by atoms with Crippen LogP contribution < -0.4 is 16.0 Å². The molecule has 4 rings (SSSR count). The number of fused-ring (bicyclic) bond motifs is 1. The van der Waals surface area contributed by atoms with Crippen LogP contribution in [0.25, 0.3) is 0 Å². The quantitative estimate of drug-likeness (QED) is 0.388. The third-order valence-electron chi connectivity index (χ3n) is 8.65. The van der Waals surface area contributed by atoms with Crippen molar-refractivity contribution < 1.29 is 24.2 Å². The van der Waals surface area contributed by atoms with Crippen LogP contribution in [-0.4, -0.2) is 88.9 Å². The molecule has 4 N–H and O–H groups in total. The Morgan fingerprint density at radius 2 is 1.77 bits per heavy atom. The Kier molecular flexibility index (Phi) is 9.74. The topological polar surface area (TPSA) is 123 Å². The van der Waals surface area contributed by atoms with Gasteiger partial charge in [0.2, 0.25) is 11.8 Å². The van der Waals surface area contributed by atoms with Gasteiger partial charge in [-0.3, -0.25) is 19.4 Å². The average molecular weight is 558 g/mol. The van der Waals surface area contributed by atoms with Gasteiger partial charge in [-0.25, -0.2) is 4.79 Å². The summed E-state index contributed by atoms with van der Waals surface area (Å²) in [6.07, 6.45) is 4.36. The number of carbonyl (C=O) groups is 3. The number of nitrogens with zero attached hydrogens (tertiary/aromatic N) is 2. The van der Waals surface area contributed by atoms with E-state index in [0.29, 0.717) is 13.1 Å². The van der Waals surface area contributed by atoms with E-state index in [0.717, 1.165) is 44.2 Å². The van der Waals surface area contributed by atoms with Crippen molar-refractivity contribution in [2.24, 2.45) is 11.8 Å². The molecule has 3 amide bonds. The van der Waals surface area contributed by atoms with E-state index in [9.17, 15) is 19.5 Å². The van der Waals surface area contributed by atoms with Gasteiger partial charge < -0.3 is 25.8 Å². The van der Waals surface area contributed by atoms with Crippen LogP contribution in [0.2, 0.25) is 0 Å². The molecule has 0 spiro atoms. The number of benzene rings is 1. The minimum absolute atomic E-state index is 0.0730. The number of aliphatic hydroxyl groups excluding tert-OH is 1. The normalized spacial score (nSPS) is 25.9. The average Bonchev–Trinajstić information content (AvgIpc) is 3.53. The van der Waals surface area contributed by atoms with Crippen molar-refractivity contribution in [3.8, 4) is 0 Å². The molecule has 3 aliphatic rings. The lowest BCUT2D eigenvalue weighted by molar-refractivity contribution is -0.132. The van der Waals surface area contributed by atoms with E-state index >= 15 is 0 Å². The lowest BCUT2D eigenvalue weighted by Gasteiger charge is -2.41. The summed E-state index contributed by atoms with van der Waals surface area (Å²) in [5.41, 5.74) is 0.0735. The van der Waals surface area contributed by atoms with Crippen LogP contribution in [0.1, 0.15) is 66.2 Å². The highest BCUT2D eigenvalue weighted by atomic mass is 16.6. The Balaban J connectivity index is 1.49. The van der Waals surface area contributed by atoms with Crippen LogP contribution in [-0.2, 0) is 14.3 Å². The van der Waals surface area contributed by atoms with E-state index in [2.05, 4.69) is 16.0 Å². The van der Waals surface area contributed by atoms with Crippen molar-refractivity contribution in [3.05, 3.63) is 30.3 Å². The molecule has 0 aromatic heterocycles. The molecule has 1 aromatic rings. The predicted octanol–water partition coefficient (Wildman–Crippen LogP) is 2.93. The highest BCUT2D eigenvalue weighted by Crippen LogP contribution is 2.35. The first-order chi connectivity index (χ1) is 19.0. The summed E-state index contributed by atoms with van der Waals surface area (Å²) in [5.74, 6) is -0.628. The Labute approximate surface area is 238 Å². The minimum atomic E-state index is -0.951. The van der Waals surface area contributed by atoms with Crippen molar-refractivity contribution in [1.29, 1.82) is 0 Å². The standard InChI is InChI=1S/C30H47N5O5/c1-19(34(5)29(39)40-30(2,3)4)26(36)33-24(20-12-8-6-9-13-20)28(38)35-17-16-23-25(35)22(18-31-23)27(37)32-21-14-10-7-11-15-21/h7,10-11,14-15,19-20,22-25,28,31,38H,6,8-9,12-13,16-18H2,1-5H3,(H,32,37)(H,33,36). The number of ether oxygens (including phenoxy) is 1. The maximum absolute atomic E-state index is 13.5. The molecule has 222 valence electrons. The van der Waals surface area contributed by atoms with Gasteiger partial charge in [0.05, 0.1) is 12.0 Å². The minimum Gasteiger partial charge on any atom is -0.444 e. The summed E-state index contributed by atoms with van der Waals surface area (Å²) in [4.78, 5) is 42.7. The second-order valence-corrected chi connectivity index (χ2v) is 12.6. The summed E-state index contributed by atoms with van der Waals surface area (Å²) in [5, 5.41) is 21.5. The molecule has 0 bridgehead atoms. The van der Waals surface area contributed by atoms with Crippen LogP contribution in [0.3, 0.4) is 0 Å². The fourth-order valence-corrected chi connectivity index (χ4v) is 6.37. The van der Waals surface area contributed by atoms with Gasteiger partial charge in [0, 0.05) is 37.9 Å². The third-order valence-corrected chi connectivity index (χ3v) is 8.65. The molecule has 0 radical (unpaired) electrons. The highest BCUT2D eigenvalue weighted by Gasteiger charge is 2.51. The Hall–Kier alpha value is -2.69. The van der Waals surface area contributed by atoms with E-state index in [-0.39, 0.29) is 35.7 Å². The van der Waals surface area contributed by atoms with Crippen LogP contribution in [0.5, 0.6) is 0 Å². The molecule has 6 atom stereocenters. The van der Waals surface area contributed by atoms with E-state index in [1.54, 1.807) is 34.7 Å². The van der Waals surface area contributed by atoms with E-state index < -0.39 is 30.0 Å². The van der Waals surface area contributed by atoms with Gasteiger partial charge in [-0.2, -0.15) is 0 Å². The molecule has 1 saturated carbocycles. The fraction of sp³-hybridized carbons (Fsp3) is 0.700. The zero-order valence-electron chi connectivity index (χ0n) is 24.6. The Bertz CT molecular complexity index is 1030. The maximum atomic E-state index is 13.5. The van der Waals surface area contributed by atoms with E-state index in [1.807, 2.05) is 35.2 Å². The number of aliphatic hydroxyl groups is 1. The molecule has 1 aromatic carbocycles. The van der Waals surface area contributed by atoms with Crippen molar-refractivity contribution in [2.75, 3.05) is 25.5 Å². The number of para-hydroxylation sites is 1. The number of hydrogen-bond acceptors (Lipinski definition) is 7. The lowest BCUT2D eigenvalue weighted by Crippen LogP contribution is -2.60. The second kappa shape index (κ2) is 12.9. The van der Waals surface area contributed by atoms with Gasteiger partial charge in [0.15, 0.2) is 0 Å². The van der Waals surface area contributed by atoms with Gasteiger partial charge in [0.1, 0.15) is 17.9 Å². The van der Waals surface area contributed by atoms with Crippen LogP contribution in [0.15, 0.2) is 30.3 Å². The van der Waals surface area contributed by atoms with Gasteiger partial charge in [-0.05, 0) is 65.0 Å². The second-order valence-electron chi connectivity index (χ2n) is 12.6. The molecule has 3 fully saturated rings. The Morgan fingerprint density at radius 1 is 1.10 bits per heavy atom. The van der Waals surface area contributed by atoms with Crippen LogP contribution in [0, 0.1) is 11.8 Å². The molecule has 10 nitrogen and oxygen atoms in total. The van der Waals surface area contributed by atoms with Crippen LogP contribution in [0.4, 0.5) is 10.5 Å². The first-order valence-electron chi connectivity index (χ1n) is 14.8. The van der Waals surface area contributed by atoms with Gasteiger partial charge >= 0.3 is 6.09 Å². The zero-order chi connectivity index (χ0) is 29.0. The predicted molar refractivity (Wildman–Crippen MR) is 153 cm³/mol. The number of carbonyl (C=O) groups excluding carboxylic acids is 3. The molecule has 2 heterocycles. The van der Waals surface area contributed by atoms with Crippen molar-refractivity contribution in [2.45, 2.75) is 102 Å². The van der Waals surface area contributed by atoms with Crippen LogP contribution >= 0.6 is 0 Å². The smallest absolute Gasteiger partial charge is 0.410 e. The van der Waals surface area contributed by atoms with Crippen molar-refractivity contribution in [3.63, 3.8) is 0 Å². The molecule has 40 heavy (non-hydrogen) atoms. The number of likely N-dealkylation sites (N-methyl/N-ethyl adjacent to an activating group) is 1.